The molecule has 0 aliphatic carbocycles. The molecule has 0 saturated heterocycles. The third-order valence-electron chi connectivity index (χ3n) is 2.38. The summed E-state index contributed by atoms with van der Waals surface area (Å²) in [6.45, 7) is 2.89. The molecule has 0 unspecified atom stereocenters. The van der Waals surface area contributed by atoms with Gasteiger partial charge in [0.15, 0.2) is 0 Å². The van der Waals surface area contributed by atoms with Crippen molar-refractivity contribution in [3.8, 4) is 0 Å². The molecular formula is C13H15N5O. The topological polar surface area (TPSA) is 79.8 Å². The Balaban J connectivity index is 1.75. The highest BCUT2D eigenvalue weighted by Crippen LogP contribution is 1.97. The van der Waals surface area contributed by atoms with Crippen LogP contribution in [-0.4, -0.2) is 33.9 Å². The summed E-state index contributed by atoms with van der Waals surface area (Å²) in [7, 11) is 0. The Morgan fingerprint density at radius 3 is 2.68 bits per heavy atom. The van der Waals surface area contributed by atoms with Crippen molar-refractivity contribution in [2.45, 2.75) is 6.92 Å². The first-order valence-corrected chi connectivity index (χ1v) is 5.98. The van der Waals surface area contributed by atoms with Crippen molar-refractivity contribution >= 4 is 11.9 Å². The van der Waals surface area contributed by atoms with E-state index in [4.69, 9.17) is 0 Å². The lowest BCUT2D eigenvalue weighted by Gasteiger charge is -2.06. The van der Waals surface area contributed by atoms with Crippen LogP contribution in [0.1, 0.15) is 16.2 Å². The molecule has 19 heavy (non-hydrogen) atoms. The number of carbonyl (C=O) groups excluding carboxylic acids is 1. The lowest BCUT2D eigenvalue weighted by Crippen LogP contribution is -2.29. The molecule has 2 aromatic rings. The van der Waals surface area contributed by atoms with Crippen LogP contribution in [0.3, 0.4) is 0 Å². The maximum atomic E-state index is 11.8. The van der Waals surface area contributed by atoms with Crippen molar-refractivity contribution in [3.63, 3.8) is 0 Å². The van der Waals surface area contributed by atoms with Gasteiger partial charge < -0.3 is 10.6 Å². The maximum Gasteiger partial charge on any atom is 0.269 e. The normalized spacial score (nSPS) is 9.95. The van der Waals surface area contributed by atoms with Crippen molar-refractivity contribution < 1.29 is 4.79 Å². The minimum absolute atomic E-state index is 0.181. The van der Waals surface area contributed by atoms with Crippen molar-refractivity contribution in [1.82, 2.24) is 20.3 Å². The van der Waals surface area contributed by atoms with Gasteiger partial charge in [-0.2, -0.15) is 0 Å². The van der Waals surface area contributed by atoms with Crippen LogP contribution in [-0.2, 0) is 0 Å². The molecule has 2 heterocycles. The predicted octanol–water partition coefficient (Wildman–Crippen LogP) is 1.02. The van der Waals surface area contributed by atoms with Gasteiger partial charge in [-0.1, -0.05) is 6.07 Å². The minimum Gasteiger partial charge on any atom is -0.352 e. The Kier molecular flexibility index (Phi) is 4.39. The van der Waals surface area contributed by atoms with E-state index in [1.54, 1.807) is 24.5 Å². The summed E-state index contributed by atoms with van der Waals surface area (Å²) < 4.78 is 0. The molecule has 0 aromatic carbocycles. The van der Waals surface area contributed by atoms with E-state index < -0.39 is 0 Å². The molecule has 0 aliphatic heterocycles. The Bertz CT molecular complexity index is 544. The number of amides is 1. The van der Waals surface area contributed by atoms with Gasteiger partial charge in [0.1, 0.15) is 5.69 Å². The van der Waals surface area contributed by atoms with Crippen molar-refractivity contribution in [2.75, 3.05) is 18.4 Å². The van der Waals surface area contributed by atoms with Crippen LogP contribution in [0.4, 0.5) is 5.95 Å². The smallest absolute Gasteiger partial charge is 0.269 e. The van der Waals surface area contributed by atoms with E-state index in [1.165, 1.54) is 0 Å². The second-order valence-electron chi connectivity index (χ2n) is 3.92. The van der Waals surface area contributed by atoms with Crippen LogP contribution in [0.15, 0.2) is 36.7 Å². The molecule has 6 heteroatoms. The zero-order chi connectivity index (χ0) is 13.5. The van der Waals surface area contributed by atoms with E-state index >= 15 is 0 Å². The molecule has 98 valence electrons. The first-order valence-electron chi connectivity index (χ1n) is 5.98. The van der Waals surface area contributed by atoms with E-state index in [1.807, 2.05) is 19.1 Å². The number of hydrogen-bond acceptors (Lipinski definition) is 5. The van der Waals surface area contributed by atoms with Crippen LogP contribution in [0.25, 0.3) is 0 Å². The highest BCUT2D eigenvalue weighted by Gasteiger charge is 2.05. The summed E-state index contributed by atoms with van der Waals surface area (Å²) in [6.07, 6.45) is 3.31. The van der Waals surface area contributed by atoms with Gasteiger partial charge in [-0.3, -0.25) is 4.79 Å². The predicted molar refractivity (Wildman–Crippen MR) is 71.8 cm³/mol. The summed E-state index contributed by atoms with van der Waals surface area (Å²) in [6, 6.07) is 7.10. The first-order chi connectivity index (χ1) is 9.25. The number of nitrogens with zero attached hydrogens (tertiary/aromatic N) is 3. The van der Waals surface area contributed by atoms with Crippen molar-refractivity contribution in [3.05, 3.63) is 48.0 Å². The molecule has 1 amide bonds. The highest BCUT2D eigenvalue weighted by atomic mass is 16.1. The van der Waals surface area contributed by atoms with Crippen LogP contribution >= 0.6 is 0 Å². The van der Waals surface area contributed by atoms with E-state index in [0.29, 0.717) is 24.7 Å². The second kappa shape index (κ2) is 6.44. The molecule has 0 fully saturated rings. The van der Waals surface area contributed by atoms with Crippen LogP contribution in [0, 0.1) is 6.92 Å². The summed E-state index contributed by atoms with van der Waals surface area (Å²) in [4.78, 5) is 24.0. The number of hydrogen-bond donors (Lipinski definition) is 2. The van der Waals surface area contributed by atoms with Gasteiger partial charge in [0.2, 0.25) is 5.95 Å². The van der Waals surface area contributed by atoms with Crippen LogP contribution in [0.5, 0.6) is 0 Å². The Morgan fingerprint density at radius 2 is 1.95 bits per heavy atom. The fraction of sp³-hybridized carbons (Fsp3) is 0.231. The SMILES string of the molecule is Cc1cccc(C(=O)NCCNc2ncccn2)n1. The lowest BCUT2D eigenvalue weighted by atomic mass is 10.3. The molecule has 2 rings (SSSR count). The van der Waals surface area contributed by atoms with E-state index in [0.717, 1.165) is 5.69 Å². The van der Waals surface area contributed by atoms with E-state index in [2.05, 4.69) is 25.6 Å². The molecule has 0 bridgehead atoms. The molecular weight excluding hydrogens is 242 g/mol. The molecule has 0 spiro atoms. The van der Waals surface area contributed by atoms with Gasteiger partial charge in [-0.15, -0.1) is 0 Å². The second-order valence-corrected chi connectivity index (χ2v) is 3.92. The standard InChI is InChI=1S/C13H15N5O/c1-10-4-2-5-11(18-10)12(19)14-8-9-17-13-15-6-3-7-16-13/h2-7H,8-9H2,1H3,(H,14,19)(H,15,16,17). The molecule has 0 aliphatic rings. The summed E-state index contributed by atoms with van der Waals surface area (Å²) in [5.41, 5.74) is 1.25. The summed E-state index contributed by atoms with van der Waals surface area (Å²) >= 11 is 0. The Labute approximate surface area is 111 Å². The third-order valence-corrected chi connectivity index (χ3v) is 2.38. The summed E-state index contributed by atoms with van der Waals surface area (Å²) in [5, 5.41) is 5.78. The fourth-order valence-corrected chi connectivity index (χ4v) is 1.50. The Morgan fingerprint density at radius 1 is 1.16 bits per heavy atom. The largest absolute Gasteiger partial charge is 0.352 e. The fourth-order valence-electron chi connectivity index (χ4n) is 1.50. The number of nitrogens with one attached hydrogen (secondary N) is 2. The Hall–Kier alpha value is -2.50. The van der Waals surface area contributed by atoms with Gasteiger partial charge in [-0.05, 0) is 25.1 Å². The quantitative estimate of drug-likeness (QED) is 0.782. The van der Waals surface area contributed by atoms with Gasteiger partial charge in [-0.25, -0.2) is 15.0 Å². The molecule has 0 radical (unpaired) electrons. The van der Waals surface area contributed by atoms with Crippen LogP contribution < -0.4 is 10.6 Å². The number of carbonyl (C=O) groups is 1. The molecule has 2 N–H and O–H groups in total. The summed E-state index contributed by atoms with van der Waals surface area (Å²) in [5.74, 6) is 0.366. The van der Waals surface area contributed by atoms with Gasteiger partial charge in [0, 0.05) is 31.2 Å². The minimum atomic E-state index is -0.181. The molecule has 2 aromatic heterocycles. The van der Waals surface area contributed by atoms with Crippen molar-refractivity contribution in [2.24, 2.45) is 0 Å². The van der Waals surface area contributed by atoms with Gasteiger partial charge in [0.05, 0.1) is 0 Å². The van der Waals surface area contributed by atoms with Crippen LogP contribution in [0.2, 0.25) is 0 Å². The zero-order valence-corrected chi connectivity index (χ0v) is 10.6. The van der Waals surface area contributed by atoms with Gasteiger partial charge >= 0.3 is 0 Å². The first kappa shape index (κ1) is 12.9. The molecule has 0 atom stereocenters. The van der Waals surface area contributed by atoms with Gasteiger partial charge in [0.25, 0.3) is 5.91 Å². The number of pyridine rings is 1. The molecule has 6 nitrogen and oxygen atoms in total. The average Bonchev–Trinajstić information content (AvgIpc) is 2.44. The van der Waals surface area contributed by atoms with E-state index in [9.17, 15) is 4.79 Å². The van der Waals surface area contributed by atoms with E-state index in [-0.39, 0.29) is 5.91 Å². The number of aromatic nitrogens is 3. The zero-order valence-electron chi connectivity index (χ0n) is 10.6. The monoisotopic (exact) mass is 257 g/mol. The lowest BCUT2D eigenvalue weighted by molar-refractivity contribution is 0.0950. The third kappa shape index (κ3) is 4.02. The highest BCUT2D eigenvalue weighted by molar-refractivity contribution is 5.92. The number of anilines is 1. The number of rotatable bonds is 5. The molecule has 0 saturated carbocycles. The number of aryl methyl sites for hydroxylation is 1. The van der Waals surface area contributed by atoms with Crippen molar-refractivity contribution in [1.29, 1.82) is 0 Å². The maximum absolute atomic E-state index is 11.8. The average molecular weight is 257 g/mol.